The highest BCUT2D eigenvalue weighted by molar-refractivity contribution is 5.21. The number of benzene rings is 1. The second kappa shape index (κ2) is 5.34. The Balaban J connectivity index is 2.14. The van der Waals surface area contributed by atoms with Gasteiger partial charge in [-0.2, -0.15) is 0 Å². The Morgan fingerprint density at radius 1 is 1.22 bits per heavy atom. The maximum atomic E-state index is 12.9. The molecule has 0 bridgehead atoms. The number of aliphatic hydroxyl groups is 1. The van der Waals surface area contributed by atoms with E-state index < -0.39 is 6.10 Å². The van der Waals surface area contributed by atoms with Crippen LogP contribution in [-0.4, -0.2) is 41.8 Å². The first-order valence-corrected chi connectivity index (χ1v) is 6.28. The van der Waals surface area contributed by atoms with Crippen molar-refractivity contribution in [2.75, 3.05) is 26.3 Å². The van der Waals surface area contributed by atoms with Crippen LogP contribution >= 0.6 is 0 Å². The third-order valence-electron chi connectivity index (χ3n) is 3.68. The third-order valence-corrected chi connectivity index (χ3v) is 3.68. The summed E-state index contributed by atoms with van der Waals surface area (Å²) in [5.74, 6) is -0.282. The van der Waals surface area contributed by atoms with Gasteiger partial charge in [-0.15, -0.1) is 0 Å². The summed E-state index contributed by atoms with van der Waals surface area (Å²) in [6, 6.07) is 6.05. The lowest BCUT2D eigenvalue weighted by Crippen LogP contribution is -2.53. The summed E-state index contributed by atoms with van der Waals surface area (Å²) < 4.78 is 18.2. The summed E-state index contributed by atoms with van der Waals surface area (Å²) in [4.78, 5) is 2.21. The molecule has 0 aromatic heterocycles. The molecule has 100 valence electrons. The highest BCUT2D eigenvalue weighted by atomic mass is 19.1. The molecule has 1 fully saturated rings. The molecule has 1 heterocycles. The Morgan fingerprint density at radius 2 is 1.78 bits per heavy atom. The van der Waals surface area contributed by atoms with Crippen molar-refractivity contribution < 1.29 is 14.2 Å². The van der Waals surface area contributed by atoms with E-state index in [1.807, 2.05) is 13.8 Å². The van der Waals surface area contributed by atoms with Crippen LogP contribution in [0.25, 0.3) is 0 Å². The Kier molecular flexibility index (Phi) is 4.00. The molecule has 0 aliphatic carbocycles. The van der Waals surface area contributed by atoms with Gasteiger partial charge in [0, 0.05) is 18.6 Å². The lowest BCUT2D eigenvalue weighted by molar-refractivity contribution is -0.0630. The summed E-state index contributed by atoms with van der Waals surface area (Å²) in [6.45, 7) is 7.02. The number of morpholine rings is 1. The van der Waals surface area contributed by atoms with Crippen LogP contribution in [-0.2, 0) is 4.74 Å². The number of ether oxygens (including phenoxy) is 1. The maximum Gasteiger partial charge on any atom is 0.123 e. The summed E-state index contributed by atoms with van der Waals surface area (Å²) in [5.41, 5.74) is 0.356. The predicted octanol–water partition coefficient (Wildman–Crippen LogP) is 1.97. The van der Waals surface area contributed by atoms with Crippen molar-refractivity contribution >= 4 is 0 Å². The monoisotopic (exact) mass is 253 g/mol. The highest BCUT2D eigenvalue weighted by Crippen LogP contribution is 2.31. The van der Waals surface area contributed by atoms with Crippen LogP contribution in [0.1, 0.15) is 25.5 Å². The van der Waals surface area contributed by atoms with Crippen LogP contribution in [0.4, 0.5) is 4.39 Å². The third kappa shape index (κ3) is 2.71. The minimum atomic E-state index is -0.642. The molecule has 1 aromatic rings. The van der Waals surface area contributed by atoms with Crippen LogP contribution in [0, 0.1) is 5.82 Å². The average molecular weight is 253 g/mol. The summed E-state index contributed by atoms with van der Waals surface area (Å²) >= 11 is 0. The van der Waals surface area contributed by atoms with Gasteiger partial charge in [0.2, 0.25) is 0 Å². The Morgan fingerprint density at radius 3 is 2.33 bits per heavy atom. The largest absolute Gasteiger partial charge is 0.386 e. The number of nitrogens with zero attached hydrogens (tertiary/aromatic N) is 1. The fourth-order valence-corrected chi connectivity index (χ4v) is 2.37. The zero-order chi connectivity index (χ0) is 13.2. The van der Waals surface area contributed by atoms with Gasteiger partial charge in [0.15, 0.2) is 0 Å². The molecule has 0 radical (unpaired) electrons. The molecule has 3 nitrogen and oxygen atoms in total. The summed E-state index contributed by atoms with van der Waals surface area (Å²) in [7, 11) is 0. The van der Waals surface area contributed by atoms with E-state index in [1.165, 1.54) is 12.1 Å². The van der Waals surface area contributed by atoms with Crippen LogP contribution in [0.3, 0.4) is 0 Å². The first kappa shape index (κ1) is 13.5. The highest BCUT2D eigenvalue weighted by Gasteiger charge is 2.35. The van der Waals surface area contributed by atoms with Crippen LogP contribution in [0.5, 0.6) is 0 Å². The minimum absolute atomic E-state index is 0.282. The topological polar surface area (TPSA) is 32.7 Å². The Hall–Kier alpha value is -0.970. The Labute approximate surface area is 107 Å². The molecule has 1 aromatic carbocycles. The second-order valence-electron chi connectivity index (χ2n) is 5.21. The zero-order valence-electron chi connectivity index (χ0n) is 10.9. The fourth-order valence-electron chi connectivity index (χ4n) is 2.37. The lowest BCUT2D eigenvalue weighted by Gasteiger charge is -2.43. The van der Waals surface area contributed by atoms with Gasteiger partial charge in [0.25, 0.3) is 0 Å². The van der Waals surface area contributed by atoms with E-state index in [9.17, 15) is 9.50 Å². The molecular weight excluding hydrogens is 233 g/mol. The molecule has 2 rings (SSSR count). The molecular formula is C14H20FNO2. The van der Waals surface area contributed by atoms with E-state index in [1.54, 1.807) is 12.1 Å². The molecule has 1 N–H and O–H groups in total. The van der Waals surface area contributed by atoms with E-state index in [2.05, 4.69) is 4.90 Å². The predicted molar refractivity (Wildman–Crippen MR) is 67.8 cm³/mol. The molecule has 0 amide bonds. The van der Waals surface area contributed by atoms with E-state index in [-0.39, 0.29) is 11.4 Å². The second-order valence-corrected chi connectivity index (χ2v) is 5.21. The molecule has 0 saturated carbocycles. The minimum Gasteiger partial charge on any atom is -0.386 e. The van der Waals surface area contributed by atoms with Crippen molar-refractivity contribution in [3.05, 3.63) is 35.6 Å². The quantitative estimate of drug-likeness (QED) is 0.894. The van der Waals surface area contributed by atoms with E-state index >= 15 is 0 Å². The van der Waals surface area contributed by atoms with Gasteiger partial charge in [-0.05, 0) is 31.5 Å². The molecule has 18 heavy (non-hydrogen) atoms. The standard InChI is InChI=1S/C14H20FNO2/c1-14(2,16-7-9-18-10-8-16)13(17)11-3-5-12(15)6-4-11/h3-6,13,17H,7-10H2,1-2H3. The Bertz CT molecular complexity index is 385. The molecule has 4 heteroatoms. The fraction of sp³-hybridized carbons (Fsp3) is 0.571. The maximum absolute atomic E-state index is 12.9. The van der Waals surface area contributed by atoms with Gasteiger partial charge >= 0.3 is 0 Å². The molecule has 1 saturated heterocycles. The van der Waals surface area contributed by atoms with Crippen molar-refractivity contribution in [2.45, 2.75) is 25.5 Å². The number of rotatable bonds is 3. The van der Waals surface area contributed by atoms with Crippen molar-refractivity contribution in [3.8, 4) is 0 Å². The number of aliphatic hydroxyl groups excluding tert-OH is 1. The number of hydrogen-bond donors (Lipinski definition) is 1. The molecule has 1 aliphatic rings. The molecule has 1 unspecified atom stereocenters. The SMILES string of the molecule is CC(C)(C(O)c1ccc(F)cc1)N1CCOCC1. The molecule has 0 spiro atoms. The van der Waals surface area contributed by atoms with Gasteiger partial charge in [-0.1, -0.05) is 12.1 Å². The zero-order valence-corrected chi connectivity index (χ0v) is 10.9. The van der Waals surface area contributed by atoms with E-state index in [0.717, 1.165) is 18.7 Å². The van der Waals surface area contributed by atoms with Crippen molar-refractivity contribution in [2.24, 2.45) is 0 Å². The van der Waals surface area contributed by atoms with Gasteiger partial charge in [-0.3, -0.25) is 4.90 Å². The van der Waals surface area contributed by atoms with Crippen molar-refractivity contribution in [1.29, 1.82) is 0 Å². The van der Waals surface area contributed by atoms with Crippen molar-refractivity contribution in [1.82, 2.24) is 4.90 Å². The average Bonchev–Trinajstić information content (AvgIpc) is 2.40. The first-order valence-electron chi connectivity index (χ1n) is 6.28. The van der Waals surface area contributed by atoms with Gasteiger partial charge in [0.1, 0.15) is 5.82 Å². The summed E-state index contributed by atoms with van der Waals surface area (Å²) in [6.07, 6.45) is -0.642. The number of halogens is 1. The number of hydrogen-bond acceptors (Lipinski definition) is 3. The summed E-state index contributed by atoms with van der Waals surface area (Å²) in [5, 5.41) is 10.5. The van der Waals surface area contributed by atoms with Crippen molar-refractivity contribution in [3.63, 3.8) is 0 Å². The van der Waals surface area contributed by atoms with Gasteiger partial charge < -0.3 is 9.84 Å². The van der Waals surface area contributed by atoms with Gasteiger partial charge in [0.05, 0.1) is 19.3 Å². The first-order chi connectivity index (χ1) is 8.51. The molecule has 1 aliphatic heterocycles. The normalized spacial score (nSPS) is 19.8. The van der Waals surface area contributed by atoms with Crippen LogP contribution < -0.4 is 0 Å². The lowest BCUT2D eigenvalue weighted by atomic mass is 9.89. The van der Waals surface area contributed by atoms with Crippen LogP contribution in [0.2, 0.25) is 0 Å². The van der Waals surface area contributed by atoms with Gasteiger partial charge in [-0.25, -0.2) is 4.39 Å². The van der Waals surface area contributed by atoms with Crippen LogP contribution in [0.15, 0.2) is 24.3 Å². The van der Waals surface area contributed by atoms with E-state index in [0.29, 0.717) is 13.2 Å². The van der Waals surface area contributed by atoms with E-state index in [4.69, 9.17) is 4.74 Å². The molecule has 1 atom stereocenters. The smallest absolute Gasteiger partial charge is 0.123 e.